The third-order valence-corrected chi connectivity index (χ3v) is 4.82. The van der Waals surface area contributed by atoms with E-state index in [0.29, 0.717) is 24.9 Å². The van der Waals surface area contributed by atoms with Crippen LogP contribution in [0, 0.1) is 5.92 Å². The molecule has 0 aliphatic carbocycles. The van der Waals surface area contributed by atoms with Crippen LogP contribution in [0.25, 0.3) is 0 Å². The zero-order valence-corrected chi connectivity index (χ0v) is 15.1. The molecule has 2 atom stereocenters. The second-order valence-electron chi connectivity index (χ2n) is 6.60. The number of aryl methyl sites for hydroxylation is 1. The highest BCUT2D eigenvalue weighted by molar-refractivity contribution is 4.99. The maximum absolute atomic E-state index is 10.5. The third kappa shape index (κ3) is 4.26. The van der Waals surface area contributed by atoms with Gasteiger partial charge in [-0.15, -0.1) is 0 Å². The Morgan fingerprint density at radius 1 is 1.40 bits per heavy atom. The summed E-state index contributed by atoms with van der Waals surface area (Å²) < 4.78 is 12.7. The molecule has 25 heavy (non-hydrogen) atoms. The highest BCUT2D eigenvalue weighted by atomic mass is 16.5. The standard InChI is InChI=1S/C17H27N5O3/c1-4-24-12(2)16-19-14(25-20-16)11-22-8-5-13(6-9-22)15(23)17-18-7-10-21(17)3/h7,10,12-13,15,23H,4-6,8-9,11H2,1-3H3. The summed E-state index contributed by atoms with van der Waals surface area (Å²) in [6, 6.07) is 0. The highest BCUT2D eigenvalue weighted by Crippen LogP contribution is 2.30. The van der Waals surface area contributed by atoms with E-state index < -0.39 is 6.10 Å². The van der Waals surface area contributed by atoms with Crippen molar-refractivity contribution in [3.63, 3.8) is 0 Å². The molecule has 1 N–H and O–H groups in total. The number of hydrogen-bond donors (Lipinski definition) is 1. The maximum atomic E-state index is 10.5. The lowest BCUT2D eigenvalue weighted by Crippen LogP contribution is -2.35. The first-order valence-corrected chi connectivity index (χ1v) is 8.90. The van der Waals surface area contributed by atoms with Gasteiger partial charge in [0, 0.05) is 26.0 Å². The van der Waals surface area contributed by atoms with Crippen LogP contribution in [0.15, 0.2) is 16.9 Å². The normalized spacial score (nSPS) is 19.2. The summed E-state index contributed by atoms with van der Waals surface area (Å²) in [5, 5.41) is 14.5. The quantitative estimate of drug-likeness (QED) is 0.816. The lowest BCUT2D eigenvalue weighted by Gasteiger charge is -2.33. The van der Waals surface area contributed by atoms with Crippen molar-refractivity contribution >= 4 is 0 Å². The van der Waals surface area contributed by atoms with Crippen LogP contribution >= 0.6 is 0 Å². The lowest BCUT2D eigenvalue weighted by molar-refractivity contribution is 0.0465. The average molecular weight is 349 g/mol. The molecule has 8 nitrogen and oxygen atoms in total. The van der Waals surface area contributed by atoms with Crippen molar-refractivity contribution in [1.82, 2.24) is 24.6 Å². The molecule has 0 bridgehead atoms. The minimum absolute atomic E-state index is 0.152. The van der Waals surface area contributed by atoms with E-state index in [1.807, 2.05) is 31.7 Å². The molecule has 1 fully saturated rings. The van der Waals surface area contributed by atoms with Gasteiger partial charge < -0.3 is 18.9 Å². The van der Waals surface area contributed by atoms with Crippen LogP contribution in [-0.4, -0.2) is 49.4 Å². The van der Waals surface area contributed by atoms with Gasteiger partial charge in [0.05, 0.1) is 6.54 Å². The summed E-state index contributed by atoms with van der Waals surface area (Å²) in [6.07, 6.45) is 4.77. The SMILES string of the molecule is CCOC(C)c1noc(CN2CCC(C(O)c3nccn3C)CC2)n1. The van der Waals surface area contributed by atoms with Crippen molar-refractivity contribution in [2.24, 2.45) is 13.0 Å². The van der Waals surface area contributed by atoms with E-state index in [2.05, 4.69) is 20.0 Å². The second kappa shape index (κ2) is 8.07. The molecular formula is C17H27N5O3. The first-order chi connectivity index (χ1) is 12.1. The lowest BCUT2D eigenvalue weighted by atomic mass is 9.91. The number of nitrogens with zero attached hydrogens (tertiary/aromatic N) is 5. The van der Waals surface area contributed by atoms with Crippen LogP contribution < -0.4 is 0 Å². The smallest absolute Gasteiger partial charge is 0.240 e. The van der Waals surface area contributed by atoms with Gasteiger partial charge in [-0.1, -0.05) is 5.16 Å². The largest absolute Gasteiger partial charge is 0.385 e. The molecule has 0 spiro atoms. The van der Waals surface area contributed by atoms with Crippen molar-refractivity contribution in [1.29, 1.82) is 0 Å². The van der Waals surface area contributed by atoms with Gasteiger partial charge >= 0.3 is 0 Å². The first-order valence-electron chi connectivity index (χ1n) is 8.90. The van der Waals surface area contributed by atoms with Gasteiger partial charge in [0.25, 0.3) is 0 Å². The zero-order chi connectivity index (χ0) is 17.8. The Hall–Kier alpha value is -1.77. The Labute approximate surface area is 147 Å². The molecule has 2 aromatic rings. The van der Waals surface area contributed by atoms with Crippen LogP contribution in [0.2, 0.25) is 0 Å². The number of aromatic nitrogens is 4. The van der Waals surface area contributed by atoms with E-state index >= 15 is 0 Å². The molecule has 0 radical (unpaired) electrons. The zero-order valence-electron chi connectivity index (χ0n) is 15.1. The minimum atomic E-state index is -0.510. The Morgan fingerprint density at radius 3 is 2.80 bits per heavy atom. The number of aliphatic hydroxyl groups is 1. The molecule has 3 heterocycles. The molecule has 138 valence electrons. The molecule has 3 rings (SSSR count). The van der Waals surface area contributed by atoms with E-state index in [0.717, 1.165) is 31.8 Å². The number of imidazole rings is 1. The van der Waals surface area contributed by atoms with Crippen LogP contribution in [0.4, 0.5) is 0 Å². The molecule has 2 aromatic heterocycles. The van der Waals surface area contributed by atoms with Crippen molar-refractivity contribution in [3.05, 3.63) is 29.9 Å². The van der Waals surface area contributed by atoms with E-state index in [1.54, 1.807) is 6.20 Å². The Balaban J connectivity index is 1.50. The van der Waals surface area contributed by atoms with E-state index in [9.17, 15) is 5.11 Å². The number of hydrogen-bond acceptors (Lipinski definition) is 7. The van der Waals surface area contributed by atoms with Crippen LogP contribution in [0.5, 0.6) is 0 Å². The van der Waals surface area contributed by atoms with Crippen molar-refractivity contribution in [2.75, 3.05) is 19.7 Å². The van der Waals surface area contributed by atoms with Crippen LogP contribution in [0.1, 0.15) is 56.4 Å². The minimum Gasteiger partial charge on any atom is -0.385 e. The third-order valence-electron chi connectivity index (χ3n) is 4.82. The van der Waals surface area contributed by atoms with Crippen molar-refractivity contribution in [3.8, 4) is 0 Å². The molecule has 8 heteroatoms. The Bertz CT molecular complexity index is 663. The molecule has 0 amide bonds. The highest BCUT2D eigenvalue weighted by Gasteiger charge is 2.29. The summed E-state index contributed by atoms with van der Waals surface area (Å²) in [4.78, 5) is 11.0. The summed E-state index contributed by atoms with van der Waals surface area (Å²) in [6.45, 7) is 6.91. The number of rotatable bonds is 7. The molecular weight excluding hydrogens is 322 g/mol. The second-order valence-corrected chi connectivity index (χ2v) is 6.60. The number of aliphatic hydroxyl groups excluding tert-OH is 1. The summed E-state index contributed by atoms with van der Waals surface area (Å²) in [5.41, 5.74) is 0. The van der Waals surface area contributed by atoms with Crippen LogP contribution in [0.3, 0.4) is 0 Å². The Kier molecular flexibility index (Phi) is 5.82. The molecule has 1 aliphatic rings. The number of likely N-dealkylation sites (tertiary alicyclic amines) is 1. The molecule has 0 saturated carbocycles. The fourth-order valence-electron chi connectivity index (χ4n) is 3.31. The predicted octanol–water partition coefficient (Wildman–Crippen LogP) is 1.85. The summed E-state index contributed by atoms with van der Waals surface area (Å²) >= 11 is 0. The molecule has 1 aliphatic heterocycles. The summed E-state index contributed by atoms with van der Waals surface area (Å²) in [5.74, 6) is 2.18. The monoisotopic (exact) mass is 349 g/mol. The van der Waals surface area contributed by atoms with E-state index in [4.69, 9.17) is 9.26 Å². The number of piperidine rings is 1. The van der Waals surface area contributed by atoms with Gasteiger partial charge in [0.1, 0.15) is 18.0 Å². The molecule has 1 saturated heterocycles. The van der Waals surface area contributed by atoms with Gasteiger partial charge in [-0.2, -0.15) is 4.98 Å². The fraction of sp³-hybridized carbons (Fsp3) is 0.706. The van der Waals surface area contributed by atoms with Crippen molar-refractivity contribution in [2.45, 2.75) is 45.4 Å². The average Bonchev–Trinajstić information content (AvgIpc) is 3.24. The van der Waals surface area contributed by atoms with Gasteiger partial charge in [0.2, 0.25) is 5.89 Å². The topological polar surface area (TPSA) is 89.4 Å². The summed E-state index contributed by atoms with van der Waals surface area (Å²) in [7, 11) is 1.91. The molecule has 2 unspecified atom stereocenters. The van der Waals surface area contributed by atoms with Gasteiger partial charge in [-0.05, 0) is 45.7 Å². The number of ether oxygens (including phenoxy) is 1. The van der Waals surface area contributed by atoms with Crippen LogP contribution in [-0.2, 0) is 18.3 Å². The van der Waals surface area contributed by atoms with Gasteiger partial charge in [0.15, 0.2) is 5.82 Å². The first kappa shape index (κ1) is 18.0. The van der Waals surface area contributed by atoms with Gasteiger partial charge in [-0.3, -0.25) is 4.90 Å². The van der Waals surface area contributed by atoms with Gasteiger partial charge in [-0.25, -0.2) is 4.98 Å². The van der Waals surface area contributed by atoms with E-state index in [-0.39, 0.29) is 12.0 Å². The maximum Gasteiger partial charge on any atom is 0.240 e. The predicted molar refractivity (Wildman–Crippen MR) is 90.5 cm³/mol. The van der Waals surface area contributed by atoms with E-state index in [1.165, 1.54) is 0 Å². The fourth-order valence-corrected chi connectivity index (χ4v) is 3.31. The van der Waals surface area contributed by atoms with Crippen molar-refractivity contribution < 1.29 is 14.4 Å². The molecule has 0 aromatic carbocycles. The Morgan fingerprint density at radius 2 is 2.16 bits per heavy atom.